The van der Waals surface area contributed by atoms with E-state index in [-0.39, 0.29) is 5.82 Å². The molecule has 0 aliphatic carbocycles. The van der Waals surface area contributed by atoms with Crippen LogP contribution < -0.4 is 5.73 Å². The van der Waals surface area contributed by atoms with Crippen LogP contribution in [0.4, 0.5) is 5.82 Å². The van der Waals surface area contributed by atoms with Crippen LogP contribution in [0.2, 0.25) is 0 Å². The van der Waals surface area contributed by atoms with Gasteiger partial charge >= 0.3 is 5.97 Å². The summed E-state index contributed by atoms with van der Waals surface area (Å²) in [4.78, 5) is 11.6. The van der Waals surface area contributed by atoms with Crippen LogP contribution >= 0.6 is 0 Å². The highest BCUT2D eigenvalue weighted by Crippen LogP contribution is 2.18. The fraction of sp³-hybridized carbons (Fsp3) is 0.200. The number of carbonyl (C=O) groups is 1. The van der Waals surface area contributed by atoms with Crippen molar-refractivity contribution in [1.29, 1.82) is 0 Å². The van der Waals surface area contributed by atoms with Crippen molar-refractivity contribution in [3.05, 3.63) is 30.0 Å². The number of nitrogens with two attached hydrogens (primary N) is 1. The molecular weight excluding hydrogens is 194 g/mol. The van der Waals surface area contributed by atoms with Gasteiger partial charge in [0.25, 0.3) is 0 Å². The summed E-state index contributed by atoms with van der Waals surface area (Å²) in [6.45, 7) is 2.07. The number of pyridine rings is 1. The third-order valence-corrected chi connectivity index (χ3v) is 2.05. The molecule has 0 radical (unpaired) electrons. The number of anilines is 1. The molecule has 5 nitrogen and oxygen atoms in total. The van der Waals surface area contributed by atoms with E-state index < -0.39 is 5.97 Å². The molecule has 2 heterocycles. The van der Waals surface area contributed by atoms with Crippen LogP contribution in [0.25, 0.3) is 5.52 Å². The number of ether oxygens (including phenoxy) is 1. The van der Waals surface area contributed by atoms with E-state index in [1.54, 1.807) is 23.7 Å². The van der Waals surface area contributed by atoms with E-state index >= 15 is 0 Å². The number of rotatable bonds is 2. The third-order valence-electron chi connectivity index (χ3n) is 2.05. The van der Waals surface area contributed by atoms with Crippen molar-refractivity contribution in [2.45, 2.75) is 6.92 Å². The third kappa shape index (κ3) is 1.52. The minimum Gasteiger partial charge on any atom is -0.462 e. The lowest BCUT2D eigenvalue weighted by Crippen LogP contribution is -2.06. The van der Waals surface area contributed by atoms with Crippen LogP contribution in [-0.2, 0) is 4.74 Å². The Morgan fingerprint density at radius 2 is 2.40 bits per heavy atom. The Bertz CT molecular complexity index is 504. The largest absolute Gasteiger partial charge is 0.462 e. The number of carbonyl (C=O) groups excluding carboxylic acids is 1. The van der Waals surface area contributed by atoms with Crippen LogP contribution in [0.5, 0.6) is 0 Å². The Balaban J connectivity index is 2.58. The summed E-state index contributed by atoms with van der Waals surface area (Å²) < 4.78 is 6.46. The summed E-state index contributed by atoms with van der Waals surface area (Å²) in [6, 6.07) is 5.41. The first kappa shape index (κ1) is 9.51. The normalized spacial score (nSPS) is 10.5. The monoisotopic (exact) mass is 205 g/mol. The first-order chi connectivity index (χ1) is 7.24. The molecule has 15 heavy (non-hydrogen) atoms. The summed E-state index contributed by atoms with van der Waals surface area (Å²) in [7, 11) is 0. The quantitative estimate of drug-likeness (QED) is 0.745. The van der Waals surface area contributed by atoms with Gasteiger partial charge in [-0.2, -0.15) is 0 Å². The zero-order valence-corrected chi connectivity index (χ0v) is 8.30. The zero-order valence-electron chi connectivity index (χ0n) is 8.30. The highest BCUT2D eigenvalue weighted by Gasteiger charge is 2.18. The number of nitrogen functional groups attached to an aromatic ring is 1. The molecular formula is C10H11N3O2. The van der Waals surface area contributed by atoms with Crippen molar-refractivity contribution < 1.29 is 9.53 Å². The summed E-state index contributed by atoms with van der Waals surface area (Å²) in [5.41, 5.74) is 6.64. The van der Waals surface area contributed by atoms with Crippen LogP contribution in [0.1, 0.15) is 17.3 Å². The standard InChI is InChI=1S/C10H11N3O2/c1-2-15-10(14)8-7-5-3-4-6-13(7)12-9(8)11/h3-6H,2H2,1H3,(H2,11,12). The van der Waals surface area contributed by atoms with Crippen LogP contribution in [0.3, 0.4) is 0 Å². The molecule has 0 spiro atoms. The maximum atomic E-state index is 11.6. The Labute approximate surface area is 86.4 Å². The number of hydrogen-bond donors (Lipinski definition) is 1. The van der Waals surface area contributed by atoms with Crippen molar-refractivity contribution in [2.75, 3.05) is 12.3 Å². The van der Waals surface area contributed by atoms with Crippen LogP contribution in [0.15, 0.2) is 24.4 Å². The first-order valence-electron chi connectivity index (χ1n) is 4.64. The molecule has 0 unspecified atom stereocenters. The van der Waals surface area contributed by atoms with E-state index in [9.17, 15) is 4.79 Å². The minimum absolute atomic E-state index is 0.194. The van der Waals surface area contributed by atoms with Crippen molar-refractivity contribution in [1.82, 2.24) is 9.61 Å². The Morgan fingerprint density at radius 1 is 1.60 bits per heavy atom. The molecule has 0 saturated heterocycles. The lowest BCUT2D eigenvalue weighted by atomic mass is 10.2. The fourth-order valence-electron chi connectivity index (χ4n) is 1.43. The molecule has 2 aromatic rings. The van der Waals surface area contributed by atoms with Crippen LogP contribution in [0, 0.1) is 0 Å². The molecule has 0 amide bonds. The molecule has 0 fully saturated rings. The predicted molar refractivity (Wildman–Crippen MR) is 55.6 cm³/mol. The molecule has 0 bridgehead atoms. The molecule has 5 heteroatoms. The smallest absolute Gasteiger partial charge is 0.344 e. The summed E-state index contributed by atoms with van der Waals surface area (Å²) in [5.74, 6) is -0.240. The van der Waals surface area contributed by atoms with Crippen molar-refractivity contribution in [3.8, 4) is 0 Å². The number of hydrogen-bond acceptors (Lipinski definition) is 4. The lowest BCUT2D eigenvalue weighted by molar-refractivity contribution is 0.0530. The summed E-state index contributed by atoms with van der Waals surface area (Å²) in [6.07, 6.45) is 1.73. The van der Waals surface area contributed by atoms with Gasteiger partial charge in [0.15, 0.2) is 5.82 Å². The van der Waals surface area contributed by atoms with Gasteiger partial charge in [-0.05, 0) is 19.1 Å². The second-order valence-electron chi connectivity index (χ2n) is 3.01. The van der Waals surface area contributed by atoms with E-state index in [4.69, 9.17) is 10.5 Å². The summed E-state index contributed by atoms with van der Waals surface area (Å²) in [5, 5.41) is 4.01. The van der Waals surface area contributed by atoms with Gasteiger partial charge in [0.05, 0.1) is 12.1 Å². The van der Waals surface area contributed by atoms with Gasteiger partial charge in [0, 0.05) is 6.20 Å². The average molecular weight is 205 g/mol. The van der Waals surface area contributed by atoms with E-state index in [0.29, 0.717) is 17.7 Å². The molecule has 0 aromatic carbocycles. The van der Waals surface area contributed by atoms with E-state index in [2.05, 4.69) is 5.10 Å². The Morgan fingerprint density at radius 3 is 3.13 bits per heavy atom. The maximum absolute atomic E-state index is 11.6. The molecule has 0 atom stereocenters. The highest BCUT2D eigenvalue weighted by molar-refractivity contribution is 6.01. The number of aromatic nitrogens is 2. The Kier molecular flexibility index (Phi) is 2.29. The van der Waals surface area contributed by atoms with Gasteiger partial charge in [0.1, 0.15) is 5.56 Å². The average Bonchev–Trinajstić information content (AvgIpc) is 2.54. The molecule has 2 rings (SSSR count). The first-order valence-corrected chi connectivity index (χ1v) is 4.64. The van der Waals surface area contributed by atoms with Crippen molar-refractivity contribution >= 4 is 17.3 Å². The minimum atomic E-state index is -0.434. The summed E-state index contributed by atoms with van der Waals surface area (Å²) >= 11 is 0. The maximum Gasteiger partial charge on any atom is 0.344 e. The Hall–Kier alpha value is -2.04. The molecule has 2 aromatic heterocycles. The number of esters is 1. The van der Waals surface area contributed by atoms with Gasteiger partial charge < -0.3 is 10.5 Å². The van der Waals surface area contributed by atoms with Crippen molar-refractivity contribution in [3.63, 3.8) is 0 Å². The topological polar surface area (TPSA) is 69.6 Å². The molecule has 0 saturated carbocycles. The highest BCUT2D eigenvalue weighted by atomic mass is 16.5. The number of nitrogens with zero attached hydrogens (tertiary/aromatic N) is 2. The van der Waals surface area contributed by atoms with Crippen LogP contribution in [-0.4, -0.2) is 22.2 Å². The predicted octanol–water partition coefficient (Wildman–Crippen LogP) is 1.09. The van der Waals surface area contributed by atoms with E-state index in [1.807, 2.05) is 12.1 Å². The van der Waals surface area contributed by atoms with Gasteiger partial charge in [0.2, 0.25) is 0 Å². The second kappa shape index (κ2) is 3.61. The van der Waals surface area contributed by atoms with Gasteiger partial charge in [-0.25, -0.2) is 9.31 Å². The van der Waals surface area contributed by atoms with Gasteiger partial charge in [-0.3, -0.25) is 0 Å². The van der Waals surface area contributed by atoms with Crippen molar-refractivity contribution in [2.24, 2.45) is 0 Å². The SMILES string of the molecule is CCOC(=O)c1c(N)nn2ccccc12. The van der Waals surface area contributed by atoms with Gasteiger partial charge in [-0.15, -0.1) is 5.10 Å². The molecule has 0 aliphatic heterocycles. The molecule has 78 valence electrons. The fourth-order valence-corrected chi connectivity index (χ4v) is 1.43. The van der Waals surface area contributed by atoms with Gasteiger partial charge in [-0.1, -0.05) is 6.07 Å². The lowest BCUT2D eigenvalue weighted by Gasteiger charge is -1.99. The van der Waals surface area contributed by atoms with E-state index in [0.717, 1.165) is 0 Å². The number of fused-ring (bicyclic) bond motifs is 1. The zero-order chi connectivity index (χ0) is 10.8. The van der Waals surface area contributed by atoms with E-state index in [1.165, 1.54) is 0 Å². The molecule has 0 aliphatic rings. The second-order valence-corrected chi connectivity index (χ2v) is 3.01. The molecule has 2 N–H and O–H groups in total.